The van der Waals surface area contributed by atoms with Crippen LogP contribution in [0.4, 0.5) is 0 Å². The summed E-state index contributed by atoms with van der Waals surface area (Å²) in [6.45, 7) is 6.40. The average Bonchev–Trinajstić information content (AvgIpc) is 1.95. The van der Waals surface area contributed by atoms with Gasteiger partial charge in [-0.05, 0) is 0 Å². The third-order valence-electron chi connectivity index (χ3n) is 1.63. The predicted octanol–water partition coefficient (Wildman–Crippen LogP) is 2.71. The molecule has 5 heteroatoms. The Morgan fingerprint density at radius 3 is 1.35 bits per heavy atom. The van der Waals surface area contributed by atoms with E-state index >= 15 is 0 Å². The van der Waals surface area contributed by atoms with Gasteiger partial charge in [0.1, 0.15) is 0 Å². The molecule has 0 bridgehead atoms. The summed E-state index contributed by atoms with van der Waals surface area (Å²) in [6, 6.07) is 0. The minimum atomic E-state index is -3.16. The van der Waals surface area contributed by atoms with Crippen LogP contribution in [0.2, 0.25) is 9.88 Å². The van der Waals surface area contributed by atoms with Gasteiger partial charge in [-0.2, -0.15) is 0 Å². The topological polar surface area (TPSA) is 52.6 Å². The van der Waals surface area contributed by atoms with Gasteiger partial charge in [0.25, 0.3) is 0 Å². The molecule has 0 aliphatic heterocycles. The first-order chi connectivity index (χ1) is 7.62. The molecule has 0 saturated carbocycles. The molecule has 0 heterocycles. The molecule has 0 aliphatic rings. The quantitative estimate of drug-likeness (QED) is 0.421. The second-order valence-electron chi connectivity index (χ2n) is 4.34. The Hall–Kier alpha value is -0.781. The molecule has 0 aromatic carbocycles. The van der Waals surface area contributed by atoms with Gasteiger partial charge in [-0.3, -0.25) is 0 Å². The van der Waals surface area contributed by atoms with Gasteiger partial charge in [-0.25, -0.2) is 0 Å². The van der Waals surface area contributed by atoms with Gasteiger partial charge in [0, 0.05) is 0 Å². The number of hydrogen-bond acceptors (Lipinski definition) is 4. The molecular weight excluding hydrogens is 327 g/mol. The first-order valence-electron chi connectivity index (χ1n) is 5.38. The van der Waals surface area contributed by atoms with Gasteiger partial charge >= 0.3 is 108 Å². The fourth-order valence-electron chi connectivity index (χ4n) is 1.43. The van der Waals surface area contributed by atoms with Crippen molar-refractivity contribution in [2.45, 2.75) is 37.6 Å². The maximum absolute atomic E-state index is 10.9. The summed E-state index contributed by atoms with van der Waals surface area (Å²) in [5.74, 6) is 1.02. The molecule has 0 spiro atoms. The van der Waals surface area contributed by atoms with Gasteiger partial charge in [0.15, 0.2) is 0 Å². The Morgan fingerprint density at radius 1 is 0.824 bits per heavy atom. The van der Waals surface area contributed by atoms with E-state index in [9.17, 15) is 9.59 Å². The van der Waals surface area contributed by atoms with E-state index in [0.717, 1.165) is 0 Å². The first kappa shape index (κ1) is 16.2. The van der Waals surface area contributed by atoms with Crippen LogP contribution >= 0.6 is 0 Å². The van der Waals surface area contributed by atoms with Crippen molar-refractivity contribution in [3.05, 3.63) is 23.7 Å². The summed E-state index contributed by atoms with van der Waals surface area (Å²) in [4.78, 5) is 25.6. The van der Waals surface area contributed by atoms with Crippen molar-refractivity contribution in [2.24, 2.45) is 0 Å². The van der Waals surface area contributed by atoms with Crippen molar-refractivity contribution in [1.29, 1.82) is 0 Å². The number of carbonyl (C=O) groups is 2. The summed E-state index contributed by atoms with van der Waals surface area (Å²) in [5.41, 5.74) is 0. The van der Waals surface area contributed by atoms with Crippen LogP contribution in [0.15, 0.2) is 23.7 Å². The van der Waals surface area contributed by atoms with Crippen molar-refractivity contribution >= 4 is 30.8 Å². The fourth-order valence-corrected chi connectivity index (χ4v) is 6.31. The Bertz CT molecular complexity index is 333. The van der Waals surface area contributed by atoms with Crippen LogP contribution in [0.3, 0.4) is 0 Å². The van der Waals surface area contributed by atoms with Crippen molar-refractivity contribution < 1.29 is 15.7 Å². The monoisotopic (exact) mass is 348 g/mol. The Labute approximate surface area is 108 Å². The number of carbonyl (C=O) groups excluding carboxylic acids is 2. The molecular formula is C12H20O4Sn. The molecule has 0 aromatic heterocycles. The molecule has 0 aliphatic carbocycles. The van der Waals surface area contributed by atoms with Crippen LogP contribution in [-0.4, -0.2) is 30.8 Å². The van der Waals surface area contributed by atoms with E-state index in [-0.39, 0.29) is 11.6 Å². The van der Waals surface area contributed by atoms with Crippen LogP contribution in [0, 0.1) is 0 Å². The SMILES string of the molecule is CC(=O)/C=C(/C)[O][Sn]([CH3])([CH3])[O]/C(C)=C\C(C)=O. The number of rotatable bonds is 6. The standard InChI is InChI=1S/2C5H8O2.2CH3.Sn/c2*1-4(6)3-5(2)7;;;/h2*3,6H,1-2H3;2*1H3;/q;;;;+2/p-2/b2*4-3-;;;. The van der Waals surface area contributed by atoms with Crippen LogP contribution in [-0.2, 0) is 15.7 Å². The van der Waals surface area contributed by atoms with Crippen LogP contribution < -0.4 is 0 Å². The van der Waals surface area contributed by atoms with E-state index in [4.69, 9.17) is 6.15 Å². The van der Waals surface area contributed by atoms with E-state index in [1.807, 2.05) is 9.88 Å². The zero-order valence-corrected chi connectivity index (χ0v) is 14.1. The molecule has 0 unspecified atom stereocenters. The van der Waals surface area contributed by atoms with Crippen molar-refractivity contribution in [2.75, 3.05) is 0 Å². The molecule has 0 saturated heterocycles. The molecule has 0 amide bonds. The zero-order chi connectivity index (χ0) is 13.6. The van der Waals surface area contributed by atoms with Crippen molar-refractivity contribution in [3.8, 4) is 0 Å². The number of hydrogen-bond donors (Lipinski definition) is 0. The summed E-state index contributed by atoms with van der Waals surface area (Å²) in [6.07, 6.45) is 2.87. The van der Waals surface area contributed by atoms with E-state index in [1.54, 1.807) is 13.8 Å². The van der Waals surface area contributed by atoms with E-state index in [2.05, 4.69) is 0 Å². The fraction of sp³-hybridized carbons (Fsp3) is 0.500. The predicted molar refractivity (Wildman–Crippen MR) is 68.5 cm³/mol. The summed E-state index contributed by atoms with van der Waals surface area (Å²) < 4.78 is 11.4. The van der Waals surface area contributed by atoms with Gasteiger partial charge in [-0.1, -0.05) is 0 Å². The normalized spacial score (nSPS) is 13.3. The van der Waals surface area contributed by atoms with Gasteiger partial charge in [0.2, 0.25) is 0 Å². The van der Waals surface area contributed by atoms with Gasteiger partial charge in [0.05, 0.1) is 0 Å². The molecule has 0 aromatic rings. The van der Waals surface area contributed by atoms with Crippen molar-refractivity contribution in [1.82, 2.24) is 0 Å². The van der Waals surface area contributed by atoms with Gasteiger partial charge in [-0.15, -0.1) is 0 Å². The molecule has 17 heavy (non-hydrogen) atoms. The second-order valence-corrected chi connectivity index (χ2v) is 13.5. The van der Waals surface area contributed by atoms with E-state index < -0.39 is 19.2 Å². The third kappa shape index (κ3) is 8.97. The average molecular weight is 347 g/mol. The van der Waals surface area contributed by atoms with Crippen LogP contribution in [0.25, 0.3) is 0 Å². The molecule has 0 radical (unpaired) electrons. The number of allylic oxidation sites excluding steroid dienone is 4. The zero-order valence-electron chi connectivity index (χ0n) is 11.3. The van der Waals surface area contributed by atoms with E-state index in [0.29, 0.717) is 11.5 Å². The van der Waals surface area contributed by atoms with Crippen molar-refractivity contribution in [3.63, 3.8) is 0 Å². The third-order valence-corrected chi connectivity index (χ3v) is 6.27. The molecule has 4 nitrogen and oxygen atoms in total. The Balaban J connectivity index is 4.59. The van der Waals surface area contributed by atoms with Gasteiger partial charge < -0.3 is 0 Å². The molecule has 96 valence electrons. The molecule has 0 N–H and O–H groups in total. The summed E-state index contributed by atoms with van der Waals surface area (Å²) in [7, 11) is 0. The van der Waals surface area contributed by atoms with Crippen LogP contribution in [0.1, 0.15) is 27.7 Å². The Morgan fingerprint density at radius 2 is 1.12 bits per heavy atom. The first-order valence-corrected chi connectivity index (χ1v) is 13.4. The number of ketones is 2. The summed E-state index contributed by atoms with van der Waals surface area (Å²) >= 11 is -3.16. The molecule has 0 fully saturated rings. The molecule has 0 rings (SSSR count). The summed E-state index contributed by atoms with van der Waals surface area (Å²) in [5, 5.41) is 0. The minimum absolute atomic E-state index is 0.0550. The van der Waals surface area contributed by atoms with E-state index in [1.165, 1.54) is 26.0 Å². The second kappa shape index (κ2) is 6.83. The van der Waals surface area contributed by atoms with Crippen LogP contribution in [0.5, 0.6) is 0 Å². The Kier molecular flexibility index (Phi) is 6.52. The molecule has 0 atom stereocenters. The maximum atomic E-state index is 10.9.